The lowest BCUT2D eigenvalue weighted by Crippen LogP contribution is -2.08. The highest BCUT2D eigenvalue weighted by molar-refractivity contribution is 5.42. The van der Waals surface area contributed by atoms with Gasteiger partial charge in [0, 0.05) is 11.8 Å². The highest BCUT2D eigenvalue weighted by Crippen LogP contribution is 2.28. The first-order chi connectivity index (χ1) is 8.41. The fourth-order valence-corrected chi connectivity index (χ4v) is 1.67. The molecule has 0 amide bonds. The molecule has 0 saturated heterocycles. The van der Waals surface area contributed by atoms with Crippen LogP contribution in [0.2, 0.25) is 0 Å². The Morgan fingerprint density at radius 1 is 1.28 bits per heavy atom. The van der Waals surface area contributed by atoms with Gasteiger partial charge in [0.15, 0.2) is 5.69 Å². The zero-order chi connectivity index (χ0) is 13.3. The number of aliphatic hydroxyl groups excluding tert-OH is 1. The molecule has 3 nitrogen and oxygen atoms in total. The summed E-state index contributed by atoms with van der Waals surface area (Å²) in [6.07, 6.45) is -3.23. The maximum atomic E-state index is 12.4. The first-order valence-corrected chi connectivity index (χ1v) is 5.25. The number of nitrogens with zero attached hydrogens (tertiary/aromatic N) is 2. The lowest BCUT2D eigenvalue weighted by atomic mass is 10.1. The van der Waals surface area contributed by atoms with Gasteiger partial charge in [-0.15, -0.1) is 0 Å². The number of aliphatic hydroxyl groups is 1. The van der Waals surface area contributed by atoms with Crippen molar-refractivity contribution < 1.29 is 18.3 Å². The smallest absolute Gasteiger partial charge is 0.392 e. The van der Waals surface area contributed by atoms with Gasteiger partial charge < -0.3 is 5.11 Å². The minimum Gasteiger partial charge on any atom is -0.392 e. The standard InChI is InChI=1S/C12H11F3N2O/c1-8-2-3-10(9(6-8)7-18)17-5-4-11(16-17)12(13,14)15/h2-6,18H,7H2,1H3. The topological polar surface area (TPSA) is 38.0 Å². The average molecular weight is 256 g/mol. The van der Waals surface area contributed by atoms with Crippen LogP contribution in [0.1, 0.15) is 16.8 Å². The van der Waals surface area contributed by atoms with E-state index in [0.717, 1.165) is 16.3 Å². The maximum Gasteiger partial charge on any atom is 0.435 e. The zero-order valence-electron chi connectivity index (χ0n) is 9.57. The molecule has 1 N–H and O–H groups in total. The molecule has 0 aliphatic heterocycles. The van der Waals surface area contributed by atoms with Crippen LogP contribution in [0.25, 0.3) is 5.69 Å². The van der Waals surface area contributed by atoms with Crippen LogP contribution in [0.4, 0.5) is 13.2 Å². The number of rotatable bonds is 2. The monoisotopic (exact) mass is 256 g/mol. The summed E-state index contributed by atoms with van der Waals surface area (Å²) in [5.41, 5.74) is 0.948. The van der Waals surface area contributed by atoms with Crippen LogP contribution in [0.3, 0.4) is 0 Å². The number of halogens is 3. The van der Waals surface area contributed by atoms with Gasteiger partial charge in [0.2, 0.25) is 0 Å². The predicted octanol–water partition coefficient (Wildman–Crippen LogP) is 2.69. The molecule has 1 heterocycles. The van der Waals surface area contributed by atoms with Crippen molar-refractivity contribution in [3.63, 3.8) is 0 Å². The van der Waals surface area contributed by atoms with Crippen molar-refractivity contribution in [1.82, 2.24) is 9.78 Å². The summed E-state index contributed by atoms with van der Waals surface area (Å²) in [5, 5.41) is 12.7. The van der Waals surface area contributed by atoms with Crippen molar-refractivity contribution in [3.05, 3.63) is 47.3 Å². The van der Waals surface area contributed by atoms with Crippen LogP contribution in [0.15, 0.2) is 30.5 Å². The van der Waals surface area contributed by atoms with Crippen LogP contribution in [0, 0.1) is 6.92 Å². The summed E-state index contributed by atoms with van der Waals surface area (Å²) in [6, 6.07) is 6.00. The molecule has 0 aliphatic rings. The van der Waals surface area contributed by atoms with Gasteiger partial charge in [-0.25, -0.2) is 4.68 Å². The molecule has 2 rings (SSSR count). The summed E-state index contributed by atoms with van der Waals surface area (Å²) in [5.74, 6) is 0. The molecule has 96 valence electrons. The summed E-state index contributed by atoms with van der Waals surface area (Å²) in [4.78, 5) is 0. The zero-order valence-corrected chi connectivity index (χ0v) is 9.57. The number of hydrogen-bond acceptors (Lipinski definition) is 2. The van der Waals surface area contributed by atoms with Gasteiger partial charge in [-0.2, -0.15) is 18.3 Å². The number of benzene rings is 1. The highest BCUT2D eigenvalue weighted by atomic mass is 19.4. The van der Waals surface area contributed by atoms with Crippen LogP contribution >= 0.6 is 0 Å². The Morgan fingerprint density at radius 3 is 2.56 bits per heavy atom. The van der Waals surface area contributed by atoms with Crippen molar-refractivity contribution in [2.24, 2.45) is 0 Å². The normalized spacial score (nSPS) is 11.8. The average Bonchev–Trinajstić information content (AvgIpc) is 2.77. The second-order valence-electron chi connectivity index (χ2n) is 3.93. The van der Waals surface area contributed by atoms with Gasteiger partial charge in [0.1, 0.15) is 0 Å². The lowest BCUT2D eigenvalue weighted by molar-refractivity contribution is -0.141. The van der Waals surface area contributed by atoms with E-state index in [2.05, 4.69) is 5.10 Å². The van der Waals surface area contributed by atoms with E-state index in [1.165, 1.54) is 6.20 Å². The Balaban J connectivity index is 2.46. The van der Waals surface area contributed by atoms with Crippen LogP contribution in [-0.2, 0) is 12.8 Å². The molecule has 0 saturated carbocycles. The fraction of sp³-hybridized carbons (Fsp3) is 0.250. The third kappa shape index (κ3) is 2.38. The summed E-state index contributed by atoms with van der Waals surface area (Å²) in [6.45, 7) is 1.59. The van der Waals surface area contributed by atoms with E-state index in [1.807, 2.05) is 6.92 Å². The summed E-state index contributed by atoms with van der Waals surface area (Å²) >= 11 is 0. The van der Waals surface area contributed by atoms with Crippen molar-refractivity contribution in [3.8, 4) is 5.69 Å². The Morgan fingerprint density at radius 2 is 2.00 bits per heavy atom. The van der Waals surface area contributed by atoms with E-state index in [9.17, 15) is 18.3 Å². The predicted molar refractivity (Wildman–Crippen MR) is 59.2 cm³/mol. The Kier molecular flexibility index (Phi) is 3.13. The van der Waals surface area contributed by atoms with Crippen LogP contribution in [0.5, 0.6) is 0 Å². The lowest BCUT2D eigenvalue weighted by Gasteiger charge is -2.08. The number of aromatic nitrogens is 2. The number of hydrogen-bond donors (Lipinski definition) is 1. The van der Waals surface area contributed by atoms with Gasteiger partial charge in [-0.05, 0) is 19.1 Å². The second-order valence-corrected chi connectivity index (χ2v) is 3.93. The maximum absolute atomic E-state index is 12.4. The Hall–Kier alpha value is -1.82. The first kappa shape index (κ1) is 12.6. The summed E-state index contributed by atoms with van der Waals surface area (Å²) < 4.78 is 38.4. The molecular formula is C12H11F3N2O. The molecule has 6 heteroatoms. The first-order valence-electron chi connectivity index (χ1n) is 5.25. The van der Waals surface area contributed by atoms with Gasteiger partial charge in [-0.1, -0.05) is 17.7 Å². The van der Waals surface area contributed by atoms with Gasteiger partial charge in [0.05, 0.1) is 12.3 Å². The van der Waals surface area contributed by atoms with Gasteiger partial charge in [-0.3, -0.25) is 0 Å². The minimum absolute atomic E-state index is 0.252. The van der Waals surface area contributed by atoms with E-state index in [0.29, 0.717) is 11.3 Å². The molecule has 0 atom stereocenters. The quantitative estimate of drug-likeness (QED) is 0.897. The Bertz CT molecular complexity index is 561. The Labute approximate surface area is 101 Å². The van der Waals surface area contributed by atoms with Crippen LogP contribution in [-0.4, -0.2) is 14.9 Å². The molecule has 2 aromatic rings. The summed E-state index contributed by atoms with van der Waals surface area (Å²) in [7, 11) is 0. The van der Waals surface area contributed by atoms with E-state index in [4.69, 9.17) is 0 Å². The largest absolute Gasteiger partial charge is 0.435 e. The molecule has 0 radical (unpaired) electrons. The van der Waals surface area contributed by atoms with Gasteiger partial charge >= 0.3 is 6.18 Å². The van der Waals surface area contributed by atoms with Crippen molar-refractivity contribution in [2.45, 2.75) is 19.7 Å². The van der Waals surface area contributed by atoms with E-state index < -0.39 is 11.9 Å². The molecule has 0 aliphatic carbocycles. The van der Waals surface area contributed by atoms with Crippen LogP contribution < -0.4 is 0 Å². The third-order valence-corrected chi connectivity index (χ3v) is 2.53. The van der Waals surface area contributed by atoms with E-state index >= 15 is 0 Å². The van der Waals surface area contributed by atoms with Crippen molar-refractivity contribution in [1.29, 1.82) is 0 Å². The molecule has 0 unspecified atom stereocenters. The molecule has 1 aromatic carbocycles. The molecular weight excluding hydrogens is 245 g/mol. The van der Waals surface area contributed by atoms with E-state index in [1.54, 1.807) is 18.2 Å². The van der Waals surface area contributed by atoms with E-state index in [-0.39, 0.29) is 6.61 Å². The molecule has 1 aromatic heterocycles. The van der Waals surface area contributed by atoms with Gasteiger partial charge in [0.25, 0.3) is 0 Å². The molecule has 0 spiro atoms. The highest BCUT2D eigenvalue weighted by Gasteiger charge is 2.33. The second kappa shape index (κ2) is 4.45. The molecule has 18 heavy (non-hydrogen) atoms. The number of aryl methyl sites for hydroxylation is 1. The molecule has 0 fully saturated rings. The SMILES string of the molecule is Cc1ccc(-n2ccc(C(F)(F)F)n2)c(CO)c1. The minimum atomic E-state index is -4.46. The van der Waals surface area contributed by atoms with Crippen molar-refractivity contribution >= 4 is 0 Å². The van der Waals surface area contributed by atoms with Crippen molar-refractivity contribution in [2.75, 3.05) is 0 Å². The number of alkyl halides is 3. The fourth-order valence-electron chi connectivity index (χ4n) is 1.67. The third-order valence-electron chi connectivity index (χ3n) is 2.53. The molecule has 0 bridgehead atoms.